The number of amidine groups is 1. The maximum atomic E-state index is 7.19. The second-order valence-electron chi connectivity index (χ2n) is 3.45. The number of nitrogens with two attached hydrogens (primary N) is 1. The van der Waals surface area contributed by atoms with Crippen molar-refractivity contribution >= 4 is 11.7 Å². The second kappa shape index (κ2) is 5.29. The molecule has 0 saturated heterocycles. The van der Waals surface area contributed by atoms with Crippen LogP contribution < -0.4 is 10.6 Å². The van der Waals surface area contributed by atoms with Gasteiger partial charge >= 0.3 is 0 Å². The highest BCUT2D eigenvalue weighted by atomic mass is 15.2. The van der Waals surface area contributed by atoms with Gasteiger partial charge in [-0.15, -0.1) is 0 Å². The molecular weight excluding hydrogens is 190 g/mol. The van der Waals surface area contributed by atoms with Crippen LogP contribution in [0.1, 0.15) is 25.5 Å². The highest BCUT2D eigenvalue weighted by Gasteiger charge is 2.03. The van der Waals surface area contributed by atoms with Crippen molar-refractivity contribution in [2.24, 2.45) is 5.73 Å². The molecule has 1 heterocycles. The Hall–Kier alpha value is -1.65. The molecule has 0 aromatic carbocycles. The molecular formula is C10H17N5. The number of nitrogens with zero attached hydrogens (tertiary/aromatic N) is 3. The zero-order valence-electron chi connectivity index (χ0n) is 9.20. The standard InChI is InChI=1S/C10H17N5/c1-3-4-5-15(2)9-7-13-8(6-14-9)10(11)12/h6-7H,3-5H2,1-2H3,(H3,11,12). The summed E-state index contributed by atoms with van der Waals surface area (Å²) >= 11 is 0. The molecule has 0 aliphatic carbocycles. The third-order valence-corrected chi connectivity index (χ3v) is 2.15. The molecule has 5 heteroatoms. The first-order valence-electron chi connectivity index (χ1n) is 5.02. The number of unbranched alkanes of at least 4 members (excludes halogenated alkanes) is 1. The normalized spacial score (nSPS) is 10.0. The van der Waals surface area contributed by atoms with Crippen LogP contribution in [0.4, 0.5) is 5.82 Å². The molecule has 0 unspecified atom stereocenters. The first kappa shape index (κ1) is 11.4. The lowest BCUT2D eigenvalue weighted by molar-refractivity contribution is 0.757. The van der Waals surface area contributed by atoms with Crippen molar-refractivity contribution in [2.75, 3.05) is 18.5 Å². The smallest absolute Gasteiger partial charge is 0.146 e. The molecule has 3 N–H and O–H groups in total. The third-order valence-electron chi connectivity index (χ3n) is 2.15. The first-order chi connectivity index (χ1) is 7.15. The van der Waals surface area contributed by atoms with Gasteiger partial charge in [0.1, 0.15) is 17.3 Å². The molecule has 1 aromatic heterocycles. The molecule has 0 atom stereocenters. The lowest BCUT2D eigenvalue weighted by Gasteiger charge is -2.16. The predicted octanol–water partition coefficient (Wildman–Crippen LogP) is 0.997. The van der Waals surface area contributed by atoms with E-state index in [4.69, 9.17) is 11.1 Å². The van der Waals surface area contributed by atoms with E-state index in [2.05, 4.69) is 16.9 Å². The molecule has 0 spiro atoms. The van der Waals surface area contributed by atoms with Gasteiger partial charge in [-0.1, -0.05) is 13.3 Å². The van der Waals surface area contributed by atoms with Crippen molar-refractivity contribution in [1.82, 2.24) is 9.97 Å². The van der Waals surface area contributed by atoms with Gasteiger partial charge in [-0.05, 0) is 6.42 Å². The Bertz CT molecular complexity index is 319. The van der Waals surface area contributed by atoms with E-state index in [-0.39, 0.29) is 5.84 Å². The van der Waals surface area contributed by atoms with Crippen LogP contribution in [0.25, 0.3) is 0 Å². The van der Waals surface area contributed by atoms with Crippen molar-refractivity contribution in [3.05, 3.63) is 18.1 Å². The molecule has 1 rings (SSSR count). The van der Waals surface area contributed by atoms with E-state index in [1.54, 1.807) is 6.20 Å². The first-order valence-corrected chi connectivity index (χ1v) is 5.02. The summed E-state index contributed by atoms with van der Waals surface area (Å²) in [4.78, 5) is 10.3. The van der Waals surface area contributed by atoms with Gasteiger partial charge in [-0.2, -0.15) is 0 Å². The van der Waals surface area contributed by atoms with Gasteiger partial charge in [0.2, 0.25) is 0 Å². The van der Waals surface area contributed by atoms with Gasteiger partial charge < -0.3 is 10.6 Å². The van der Waals surface area contributed by atoms with Crippen LogP contribution in [0, 0.1) is 5.41 Å². The molecule has 0 fully saturated rings. The minimum absolute atomic E-state index is 0.0507. The highest BCUT2D eigenvalue weighted by molar-refractivity contribution is 5.92. The van der Waals surface area contributed by atoms with Crippen molar-refractivity contribution in [1.29, 1.82) is 5.41 Å². The topological polar surface area (TPSA) is 78.9 Å². The Kier molecular flexibility index (Phi) is 4.03. The van der Waals surface area contributed by atoms with Crippen LogP contribution in [-0.2, 0) is 0 Å². The minimum atomic E-state index is -0.0507. The number of aromatic nitrogens is 2. The number of nitrogen functional groups attached to an aromatic ring is 1. The monoisotopic (exact) mass is 207 g/mol. The summed E-state index contributed by atoms with van der Waals surface area (Å²) in [6.45, 7) is 3.11. The molecule has 0 aliphatic rings. The summed E-state index contributed by atoms with van der Waals surface area (Å²) in [6.07, 6.45) is 5.46. The quantitative estimate of drug-likeness (QED) is 0.557. The maximum Gasteiger partial charge on any atom is 0.146 e. The average molecular weight is 207 g/mol. The molecule has 0 amide bonds. The van der Waals surface area contributed by atoms with Gasteiger partial charge in [0.05, 0.1) is 12.4 Å². The fourth-order valence-corrected chi connectivity index (χ4v) is 1.17. The van der Waals surface area contributed by atoms with Gasteiger partial charge in [0, 0.05) is 13.6 Å². The molecule has 82 valence electrons. The molecule has 0 aliphatic heterocycles. The summed E-state index contributed by atoms with van der Waals surface area (Å²) in [5.41, 5.74) is 5.71. The number of hydrogen-bond donors (Lipinski definition) is 2. The summed E-state index contributed by atoms with van der Waals surface area (Å²) in [5, 5.41) is 7.19. The zero-order chi connectivity index (χ0) is 11.3. The van der Waals surface area contributed by atoms with Crippen LogP contribution in [0.5, 0.6) is 0 Å². The summed E-state index contributed by atoms with van der Waals surface area (Å²) in [5.74, 6) is 0.763. The number of nitrogens with one attached hydrogen (secondary N) is 1. The fourth-order valence-electron chi connectivity index (χ4n) is 1.17. The molecule has 0 radical (unpaired) electrons. The van der Waals surface area contributed by atoms with E-state index in [1.165, 1.54) is 6.20 Å². The van der Waals surface area contributed by atoms with E-state index in [0.717, 1.165) is 25.2 Å². The van der Waals surface area contributed by atoms with Crippen molar-refractivity contribution in [3.63, 3.8) is 0 Å². The van der Waals surface area contributed by atoms with Gasteiger partial charge in [-0.25, -0.2) is 9.97 Å². The Balaban J connectivity index is 2.66. The minimum Gasteiger partial charge on any atom is -0.382 e. The SMILES string of the molecule is CCCCN(C)c1cnc(C(=N)N)cn1. The summed E-state index contributed by atoms with van der Waals surface area (Å²) in [7, 11) is 1.98. The van der Waals surface area contributed by atoms with Gasteiger partial charge in [0.25, 0.3) is 0 Å². The summed E-state index contributed by atoms with van der Waals surface area (Å²) < 4.78 is 0. The van der Waals surface area contributed by atoms with Gasteiger partial charge in [-0.3, -0.25) is 5.41 Å². The van der Waals surface area contributed by atoms with Crippen LogP contribution in [0.15, 0.2) is 12.4 Å². The lowest BCUT2D eigenvalue weighted by atomic mass is 10.3. The Labute approximate surface area is 89.8 Å². The molecule has 0 bridgehead atoms. The second-order valence-corrected chi connectivity index (χ2v) is 3.45. The van der Waals surface area contributed by atoms with Crippen LogP contribution in [0.3, 0.4) is 0 Å². The molecule has 0 saturated carbocycles. The van der Waals surface area contributed by atoms with Gasteiger partial charge in [0.15, 0.2) is 0 Å². The van der Waals surface area contributed by atoms with E-state index >= 15 is 0 Å². The number of hydrogen-bond acceptors (Lipinski definition) is 4. The molecule has 15 heavy (non-hydrogen) atoms. The van der Waals surface area contributed by atoms with E-state index in [1.807, 2.05) is 11.9 Å². The van der Waals surface area contributed by atoms with E-state index in [9.17, 15) is 0 Å². The van der Waals surface area contributed by atoms with E-state index < -0.39 is 0 Å². The van der Waals surface area contributed by atoms with Crippen LogP contribution >= 0.6 is 0 Å². The zero-order valence-corrected chi connectivity index (χ0v) is 9.20. The Morgan fingerprint density at radius 3 is 2.67 bits per heavy atom. The third kappa shape index (κ3) is 3.19. The van der Waals surface area contributed by atoms with Crippen molar-refractivity contribution < 1.29 is 0 Å². The highest BCUT2D eigenvalue weighted by Crippen LogP contribution is 2.07. The fraction of sp³-hybridized carbons (Fsp3) is 0.500. The number of rotatable bonds is 5. The Morgan fingerprint density at radius 2 is 2.20 bits per heavy atom. The van der Waals surface area contributed by atoms with Crippen LogP contribution in [0.2, 0.25) is 0 Å². The maximum absolute atomic E-state index is 7.19. The van der Waals surface area contributed by atoms with Crippen LogP contribution in [-0.4, -0.2) is 29.4 Å². The average Bonchev–Trinajstić information content (AvgIpc) is 2.26. The largest absolute Gasteiger partial charge is 0.382 e. The molecule has 5 nitrogen and oxygen atoms in total. The van der Waals surface area contributed by atoms with Crippen molar-refractivity contribution in [2.45, 2.75) is 19.8 Å². The van der Waals surface area contributed by atoms with E-state index in [0.29, 0.717) is 5.69 Å². The number of anilines is 1. The Morgan fingerprint density at radius 1 is 1.47 bits per heavy atom. The summed E-state index contributed by atoms with van der Waals surface area (Å²) in [6, 6.07) is 0. The molecule has 1 aromatic rings. The van der Waals surface area contributed by atoms with Crippen molar-refractivity contribution in [3.8, 4) is 0 Å². The predicted molar refractivity (Wildman–Crippen MR) is 61.2 cm³/mol. The lowest BCUT2D eigenvalue weighted by Crippen LogP contribution is -2.21.